The Morgan fingerprint density at radius 1 is 1.13 bits per heavy atom. The third-order valence-corrected chi connectivity index (χ3v) is 4.34. The number of allylic oxidation sites excluding steroid dienone is 4. The maximum Gasteiger partial charge on any atom is 0.111 e. The number of aliphatic hydroxyl groups is 1. The van der Waals surface area contributed by atoms with E-state index in [4.69, 9.17) is 5.84 Å². The minimum absolute atomic E-state index is 0.202. The highest BCUT2D eigenvalue weighted by Gasteiger charge is 2.28. The van der Waals surface area contributed by atoms with Crippen molar-refractivity contribution >= 4 is 0 Å². The number of nitrogens with one attached hydrogen (secondary N) is 1. The molecule has 0 aliphatic carbocycles. The molecular formula is C18H34N4O. The Bertz CT molecular complexity index is 368. The van der Waals surface area contributed by atoms with Gasteiger partial charge in [0, 0.05) is 12.6 Å². The molecule has 0 aromatic heterocycles. The van der Waals surface area contributed by atoms with Gasteiger partial charge in [-0.3, -0.25) is 0 Å². The summed E-state index contributed by atoms with van der Waals surface area (Å²) in [6.45, 7) is 2.89. The number of hydrogen-bond donors (Lipinski definition) is 3. The summed E-state index contributed by atoms with van der Waals surface area (Å²) < 4.78 is 0. The van der Waals surface area contributed by atoms with Crippen molar-refractivity contribution < 1.29 is 5.11 Å². The number of hydrogen-bond acceptors (Lipinski definition) is 4. The minimum Gasteiger partial charge on any atom is -0.391 e. The van der Waals surface area contributed by atoms with Crippen molar-refractivity contribution in [3.05, 3.63) is 24.3 Å². The van der Waals surface area contributed by atoms with Gasteiger partial charge >= 0.3 is 0 Å². The summed E-state index contributed by atoms with van der Waals surface area (Å²) in [5.74, 6) is 5.04. The Kier molecular flexibility index (Phi) is 11.4. The Labute approximate surface area is 141 Å². The van der Waals surface area contributed by atoms with E-state index in [1.165, 1.54) is 38.5 Å². The number of nitrogens with zero attached hydrogens (tertiary/aromatic N) is 2. The maximum atomic E-state index is 9.97. The molecule has 23 heavy (non-hydrogen) atoms. The first-order valence-corrected chi connectivity index (χ1v) is 9.11. The molecule has 1 aliphatic rings. The van der Waals surface area contributed by atoms with Crippen LogP contribution in [0.2, 0.25) is 0 Å². The van der Waals surface area contributed by atoms with Crippen molar-refractivity contribution in [2.24, 2.45) is 16.2 Å². The van der Waals surface area contributed by atoms with Gasteiger partial charge in [-0.25, -0.2) is 0 Å². The SMILES string of the molecule is CCCCCCCC=CC=CCCC1CC(O)C(N=NN)CN1. The van der Waals surface area contributed by atoms with E-state index in [1.54, 1.807) is 0 Å². The first-order chi connectivity index (χ1) is 11.3. The Morgan fingerprint density at radius 3 is 2.57 bits per heavy atom. The number of aliphatic hydroxyl groups excluding tert-OH is 1. The average Bonchev–Trinajstić information content (AvgIpc) is 2.55. The molecule has 1 rings (SSSR count). The molecule has 0 aromatic carbocycles. The van der Waals surface area contributed by atoms with E-state index in [0.29, 0.717) is 19.0 Å². The summed E-state index contributed by atoms with van der Waals surface area (Å²) in [5, 5.41) is 20.5. The second-order valence-electron chi connectivity index (χ2n) is 6.34. The lowest BCUT2D eigenvalue weighted by Gasteiger charge is -2.31. The quantitative estimate of drug-likeness (QED) is 0.178. The van der Waals surface area contributed by atoms with Crippen LogP contribution in [0, 0.1) is 0 Å². The zero-order valence-corrected chi connectivity index (χ0v) is 14.5. The average molecular weight is 322 g/mol. The van der Waals surface area contributed by atoms with Gasteiger partial charge in [0.1, 0.15) is 6.04 Å². The summed E-state index contributed by atoms with van der Waals surface area (Å²) >= 11 is 0. The fraction of sp³-hybridized carbons (Fsp3) is 0.778. The van der Waals surface area contributed by atoms with E-state index in [-0.39, 0.29) is 6.04 Å². The zero-order valence-electron chi connectivity index (χ0n) is 14.5. The van der Waals surface area contributed by atoms with Crippen LogP contribution in [-0.2, 0) is 0 Å². The van der Waals surface area contributed by atoms with Crippen LogP contribution < -0.4 is 11.2 Å². The first kappa shape index (κ1) is 19.8. The van der Waals surface area contributed by atoms with Crippen molar-refractivity contribution in [3.8, 4) is 0 Å². The van der Waals surface area contributed by atoms with Crippen molar-refractivity contribution in [2.45, 2.75) is 82.9 Å². The summed E-state index contributed by atoms with van der Waals surface area (Å²) in [7, 11) is 0. The topological polar surface area (TPSA) is 83.0 Å². The monoisotopic (exact) mass is 322 g/mol. The molecule has 1 heterocycles. The Morgan fingerprint density at radius 2 is 1.87 bits per heavy atom. The third-order valence-electron chi connectivity index (χ3n) is 4.34. The van der Waals surface area contributed by atoms with Crippen LogP contribution in [-0.4, -0.2) is 29.8 Å². The fourth-order valence-electron chi connectivity index (χ4n) is 2.89. The normalized spacial score (nSPS) is 25.9. The van der Waals surface area contributed by atoms with Crippen molar-refractivity contribution in [1.29, 1.82) is 0 Å². The molecular weight excluding hydrogens is 288 g/mol. The predicted octanol–water partition coefficient (Wildman–Crippen LogP) is 3.66. The highest BCUT2D eigenvalue weighted by molar-refractivity contribution is 5.02. The number of nitrogens with two attached hydrogens (primary N) is 1. The van der Waals surface area contributed by atoms with Crippen molar-refractivity contribution in [1.82, 2.24) is 5.32 Å². The number of rotatable bonds is 11. The smallest absolute Gasteiger partial charge is 0.111 e. The van der Waals surface area contributed by atoms with E-state index >= 15 is 0 Å². The number of piperidine rings is 1. The summed E-state index contributed by atoms with van der Waals surface area (Å²) in [5.41, 5.74) is 0. The van der Waals surface area contributed by atoms with Gasteiger partial charge in [0.2, 0.25) is 0 Å². The Balaban J connectivity index is 2.04. The first-order valence-electron chi connectivity index (χ1n) is 9.11. The largest absolute Gasteiger partial charge is 0.391 e. The van der Waals surface area contributed by atoms with E-state index < -0.39 is 6.10 Å². The van der Waals surface area contributed by atoms with Crippen LogP contribution in [0.4, 0.5) is 0 Å². The second kappa shape index (κ2) is 13.3. The molecule has 3 atom stereocenters. The zero-order chi connectivity index (χ0) is 16.8. The molecule has 0 aromatic rings. The summed E-state index contributed by atoms with van der Waals surface area (Å²) in [6.07, 6.45) is 19.0. The molecule has 3 unspecified atom stereocenters. The van der Waals surface area contributed by atoms with E-state index in [9.17, 15) is 5.11 Å². The van der Waals surface area contributed by atoms with E-state index in [0.717, 1.165) is 12.8 Å². The molecule has 1 fully saturated rings. The van der Waals surface area contributed by atoms with Gasteiger partial charge in [-0.15, -0.1) is 0 Å². The van der Waals surface area contributed by atoms with Gasteiger partial charge < -0.3 is 16.3 Å². The molecule has 0 radical (unpaired) electrons. The Hall–Kier alpha value is -1.20. The molecule has 0 amide bonds. The number of unbranched alkanes of at least 4 members (excludes halogenated alkanes) is 5. The van der Waals surface area contributed by atoms with Crippen LogP contribution in [0.1, 0.15) is 64.7 Å². The standard InChI is InChI=1S/C18H34N4O/c1-2-3-4-5-6-7-8-9-10-11-12-13-16-14-18(23)17(15-20-16)21-22-19/h8-11,16-18,20,23H,2-7,12-15H2,1H3,(H2,19,21). The van der Waals surface area contributed by atoms with Crippen molar-refractivity contribution in [3.63, 3.8) is 0 Å². The lowest BCUT2D eigenvalue weighted by atomic mass is 9.95. The van der Waals surface area contributed by atoms with Crippen LogP contribution in [0.5, 0.6) is 0 Å². The van der Waals surface area contributed by atoms with Crippen molar-refractivity contribution in [2.75, 3.05) is 6.54 Å². The predicted molar refractivity (Wildman–Crippen MR) is 96.1 cm³/mol. The van der Waals surface area contributed by atoms with Gasteiger partial charge in [-0.05, 0) is 32.1 Å². The molecule has 0 saturated carbocycles. The van der Waals surface area contributed by atoms with Gasteiger partial charge in [0.05, 0.1) is 6.10 Å². The molecule has 1 aliphatic heterocycles. The molecule has 5 nitrogen and oxygen atoms in total. The van der Waals surface area contributed by atoms with Gasteiger partial charge in [0.15, 0.2) is 0 Å². The second-order valence-corrected chi connectivity index (χ2v) is 6.34. The third kappa shape index (κ3) is 9.51. The molecule has 0 spiro atoms. The highest BCUT2D eigenvalue weighted by Crippen LogP contribution is 2.16. The molecule has 0 bridgehead atoms. The van der Waals surface area contributed by atoms with Crippen LogP contribution in [0.25, 0.3) is 0 Å². The van der Waals surface area contributed by atoms with Gasteiger partial charge in [0.25, 0.3) is 0 Å². The van der Waals surface area contributed by atoms with Crippen LogP contribution >= 0.6 is 0 Å². The lowest BCUT2D eigenvalue weighted by molar-refractivity contribution is 0.0924. The minimum atomic E-state index is -0.440. The van der Waals surface area contributed by atoms with Gasteiger partial charge in [-0.2, -0.15) is 5.11 Å². The summed E-state index contributed by atoms with van der Waals surface area (Å²) in [4.78, 5) is 0. The van der Waals surface area contributed by atoms with Crippen LogP contribution in [0.3, 0.4) is 0 Å². The molecule has 4 N–H and O–H groups in total. The van der Waals surface area contributed by atoms with Gasteiger partial charge in [-0.1, -0.05) is 62.1 Å². The highest BCUT2D eigenvalue weighted by atomic mass is 16.3. The lowest BCUT2D eigenvalue weighted by Crippen LogP contribution is -2.48. The maximum absolute atomic E-state index is 9.97. The van der Waals surface area contributed by atoms with E-state index in [2.05, 4.69) is 46.9 Å². The molecule has 132 valence electrons. The fourth-order valence-corrected chi connectivity index (χ4v) is 2.89. The summed E-state index contributed by atoms with van der Waals surface area (Å²) in [6, 6.07) is 0.147. The van der Waals surface area contributed by atoms with Crippen LogP contribution in [0.15, 0.2) is 34.6 Å². The molecule has 5 heteroatoms. The van der Waals surface area contributed by atoms with E-state index in [1.807, 2.05) is 0 Å². The molecule has 1 saturated heterocycles.